The van der Waals surface area contributed by atoms with Crippen molar-refractivity contribution in [3.05, 3.63) is 46.6 Å². The molecule has 246 valence electrons. The van der Waals surface area contributed by atoms with Gasteiger partial charge in [0.15, 0.2) is 5.82 Å². The van der Waals surface area contributed by atoms with Crippen LogP contribution in [0.2, 0.25) is 5.02 Å². The Morgan fingerprint density at radius 1 is 1.13 bits per heavy atom. The van der Waals surface area contributed by atoms with Crippen LogP contribution in [-0.2, 0) is 27.1 Å². The van der Waals surface area contributed by atoms with Gasteiger partial charge in [0.2, 0.25) is 11.9 Å². The van der Waals surface area contributed by atoms with E-state index in [1.54, 1.807) is 21.3 Å². The molecule has 7 atom stereocenters. The summed E-state index contributed by atoms with van der Waals surface area (Å²) in [5.74, 6) is 1.17. The lowest BCUT2D eigenvalue weighted by atomic mass is 9.88. The highest BCUT2D eigenvalue weighted by molar-refractivity contribution is 6.32. The molecule has 1 aromatic heterocycles. The van der Waals surface area contributed by atoms with Gasteiger partial charge in [0, 0.05) is 39.4 Å². The number of carbonyl (C=O) groups is 1. The van der Waals surface area contributed by atoms with Crippen LogP contribution in [0.4, 0.5) is 17.5 Å². The first-order valence-corrected chi connectivity index (χ1v) is 15.9. The molecular formula is C32H45ClN6O6. The van der Waals surface area contributed by atoms with Crippen LogP contribution in [-0.4, -0.2) is 103 Å². The molecule has 2 aromatic rings. The van der Waals surface area contributed by atoms with Crippen LogP contribution in [0.3, 0.4) is 0 Å². The molecule has 1 aromatic carbocycles. The standard InChI is InChI=1S/C32H45ClN6O6/c1-43-16-22(40)14-39(15-23(41)17-44-2)21-5-4-6-24-18(12-21)9-10-26(29(24)45-3)36-32-35-13-25(33)31(38-32)37-28-20-8-7-19(11-20)27(28)30(34)42/h7-10,13,19-23,27-28,40-41H,4-6,11-12,14-17H2,1-3H3,(H2,34,42)(H2,35,36,37,38)/t19-,20+,21?,22-,23-,27+,28-/m1/s1. The van der Waals surface area contributed by atoms with Crippen molar-refractivity contribution in [2.45, 2.75) is 56.4 Å². The van der Waals surface area contributed by atoms with Crippen LogP contribution in [0, 0.1) is 17.8 Å². The van der Waals surface area contributed by atoms with Gasteiger partial charge in [0.05, 0.1) is 50.3 Å². The van der Waals surface area contributed by atoms with E-state index in [2.05, 4.69) is 43.7 Å². The molecule has 1 amide bonds. The number of nitrogens with zero attached hydrogens (tertiary/aromatic N) is 3. The second-order valence-corrected chi connectivity index (χ2v) is 12.7. The number of hydrogen-bond donors (Lipinski definition) is 5. The van der Waals surface area contributed by atoms with E-state index in [4.69, 9.17) is 31.5 Å². The van der Waals surface area contributed by atoms with Crippen molar-refractivity contribution in [1.82, 2.24) is 14.9 Å². The van der Waals surface area contributed by atoms with Gasteiger partial charge in [0.25, 0.3) is 0 Å². The van der Waals surface area contributed by atoms with Crippen LogP contribution in [0.25, 0.3) is 0 Å². The fourth-order valence-electron chi connectivity index (χ4n) is 7.27. The maximum Gasteiger partial charge on any atom is 0.229 e. The Bertz CT molecular complexity index is 1350. The number of halogens is 1. The number of allylic oxidation sites excluding steroid dienone is 1. The SMILES string of the molecule is COC[C@H](O)CN(C[C@@H](O)COC)C1CCCc2c(ccc(Nc3ncc(Cl)c(N[C@H]4[C@@H](C(N)=O)[C@@H]5C=C[C@H]4C5)n3)c2OC)C1. The normalized spacial score (nSPS) is 25.1. The zero-order valence-corrected chi connectivity index (χ0v) is 26.9. The van der Waals surface area contributed by atoms with E-state index in [9.17, 15) is 15.0 Å². The number of aliphatic hydroxyl groups excluding tert-OH is 2. The molecule has 0 spiro atoms. The summed E-state index contributed by atoms with van der Waals surface area (Å²) in [5.41, 5.74) is 8.72. The number of aromatic nitrogens is 2. The van der Waals surface area contributed by atoms with Gasteiger partial charge >= 0.3 is 0 Å². The van der Waals surface area contributed by atoms with E-state index in [0.29, 0.717) is 29.9 Å². The Morgan fingerprint density at radius 2 is 1.84 bits per heavy atom. The van der Waals surface area contributed by atoms with Crippen molar-refractivity contribution in [3.8, 4) is 5.75 Å². The summed E-state index contributed by atoms with van der Waals surface area (Å²) in [6, 6.07) is 3.96. The Balaban J connectivity index is 1.35. The smallest absolute Gasteiger partial charge is 0.229 e. The van der Waals surface area contributed by atoms with Crippen LogP contribution >= 0.6 is 11.6 Å². The highest BCUT2D eigenvalue weighted by atomic mass is 35.5. The average molecular weight is 645 g/mol. The molecule has 1 unspecified atom stereocenters. The maximum absolute atomic E-state index is 12.2. The molecule has 3 aliphatic rings. The van der Waals surface area contributed by atoms with E-state index >= 15 is 0 Å². The van der Waals surface area contributed by atoms with E-state index in [1.807, 2.05) is 6.07 Å². The first-order valence-electron chi connectivity index (χ1n) is 15.5. The van der Waals surface area contributed by atoms with Crippen molar-refractivity contribution in [2.24, 2.45) is 23.5 Å². The Kier molecular flexibility index (Phi) is 11.2. The monoisotopic (exact) mass is 644 g/mol. The number of hydrogen-bond acceptors (Lipinski definition) is 11. The number of ether oxygens (including phenoxy) is 3. The molecular weight excluding hydrogens is 600 g/mol. The Morgan fingerprint density at radius 3 is 2.51 bits per heavy atom. The number of methoxy groups -OCH3 is 3. The topological polar surface area (TPSA) is 164 Å². The van der Waals surface area contributed by atoms with Gasteiger partial charge in [-0.15, -0.1) is 0 Å². The second-order valence-electron chi connectivity index (χ2n) is 12.3. The highest BCUT2D eigenvalue weighted by Gasteiger charge is 2.47. The largest absolute Gasteiger partial charge is 0.494 e. The number of nitrogens with one attached hydrogen (secondary N) is 2. The lowest BCUT2D eigenvalue weighted by Crippen LogP contribution is -2.47. The average Bonchev–Trinajstić information content (AvgIpc) is 3.54. The van der Waals surface area contributed by atoms with Crippen molar-refractivity contribution >= 4 is 35.0 Å². The number of primary amides is 1. The Hall–Kier alpha value is -3.00. The summed E-state index contributed by atoms with van der Waals surface area (Å²) in [4.78, 5) is 23.4. The van der Waals surface area contributed by atoms with Gasteiger partial charge in [-0.1, -0.05) is 29.8 Å². The number of aliphatic hydroxyl groups is 2. The summed E-state index contributed by atoms with van der Waals surface area (Å²) < 4.78 is 16.3. The molecule has 0 radical (unpaired) electrons. The van der Waals surface area contributed by atoms with Crippen LogP contribution in [0.15, 0.2) is 30.5 Å². The van der Waals surface area contributed by atoms with Crippen molar-refractivity contribution in [2.75, 3.05) is 58.3 Å². The molecule has 2 bridgehead atoms. The fourth-order valence-corrected chi connectivity index (χ4v) is 7.41. The fraction of sp³-hybridized carbons (Fsp3) is 0.594. The van der Waals surface area contributed by atoms with Gasteiger partial charge in [-0.2, -0.15) is 4.98 Å². The summed E-state index contributed by atoms with van der Waals surface area (Å²) in [7, 11) is 4.78. The van der Waals surface area contributed by atoms with Gasteiger partial charge < -0.3 is 40.8 Å². The minimum atomic E-state index is -0.672. The van der Waals surface area contributed by atoms with Gasteiger partial charge in [-0.25, -0.2) is 4.98 Å². The maximum atomic E-state index is 12.2. The molecule has 3 aliphatic carbocycles. The summed E-state index contributed by atoms with van der Waals surface area (Å²) in [5, 5.41) is 28.1. The van der Waals surface area contributed by atoms with Crippen molar-refractivity contribution < 1.29 is 29.2 Å². The number of benzene rings is 1. The third-order valence-corrected chi connectivity index (χ3v) is 9.46. The molecule has 45 heavy (non-hydrogen) atoms. The lowest BCUT2D eigenvalue weighted by molar-refractivity contribution is -0.122. The zero-order chi connectivity index (χ0) is 32.1. The molecule has 12 nitrogen and oxygen atoms in total. The van der Waals surface area contributed by atoms with Gasteiger partial charge in [0.1, 0.15) is 10.8 Å². The van der Waals surface area contributed by atoms with Gasteiger partial charge in [-0.05, 0) is 61.1 Å². The number of fused-ring (bicyclic) bond motifs is 3. The van der Waals surface area contributed by atoms with Crippen LogP contribution in [0.5, 0.6) is 5.75 Å². The zero-order valence-electron chi connectivity index (χ0n) is 26.1. The lowest BCUT2D eigenvalue weighted by Gasteiger charge is -2.34. The Labute approximate surface area is 269 Å². The van der Waals surface area contributed by atoms with E-state index in [0.717, 1.165) is 54.7 Å². The van der Waals surface area contributed by atoms with Crippen LogP contribution in [0.1, 0.15) is 30.4 Å². The minimum Gasteiger partial charge on any atom is -0.494 e. The predicted molar refractivity (Wildman–Crippen MR) is 172 cm³/mol. The van der Waals surface area contributed by atoms with E-state index < -0.39 is 12.2 Å². The second kappa shape index (κ2) is 15.1. The minimum absolute atomic E-state index is 0.103. The molecule has 6 N–H and O–H groups in total. The summed E-state index contributed by atoms with van der Waals surface area (Å²) >= 11 is 6.49. The molecule has 1 fully saturated rings. The quantitative estimate of drug-likeness (QED) is 0.143. The first-order chi connectivity index (χ1) is 21.7. The highest BCUT2D eigenvalue weighted by Crippen LogP contribution is 2.45. The van der Waals surface area contributed by atoms with Crippen molar-refractivity contribution in [1.29, 1.82) is 0 Å². The third kappa shape index (κ3) is 7.70. The van der Waals surface area contributed by atoms with Crippen molar-refractivity contribution in [3.63, 3.8) is 0 Å². The van der Waals surface area contributed by atoms with E-state index in [-0.39, 0.29) is 49.0 Å². The summed E-state index contributed by atoms with van der Waals surface area (Å²) in [6.45, 7) is 1.21. The molecule has 0 aliphatic heterocycles. The van der Waals surface area contributed by atoms with E-state index in [1.165, 1.54) is 6.20 Å². The molecule has 5 rings (SSSR count). The molecule has 1 heterocycles. The van der Waals surface area contributed by atoms with Gasteiger partial charge in [-0.3, -0.25) is 9.69 Å². The third-order valence-electron chi connectivity index (χ3n) is 9.19. The molecule has 0 saturated heterocycles. The summed E-state index contributed by atoms with van der Waals surface area (Å²) in [6.07, 6.45) is 8.60. The number of anilines is 3. The number of nitrogens with two attached hydrogens (primary N) is 1. The number of rotatable bonds is 15. The predicted octanol–water partition coefficient (Wildman–Crippen LogP) is 2.53. The van der Waals surface area contributed by atoms with Crippen LogP contribution < -0.4 is 21.1 Å². The number of amides is 1. The first kappa shape index (κ1) is 33.4. The molecule has 13 heteroatoms. The number of carbonyl (C=O) groups excluding carboxylic acids is 1. The molecule has 1 saturated carbocycles.